The third-order valence-corrected chi connectivity index (χ3v) is 7.53. The van der Waals surface area contributed by atoms with Gasteiger partial charge in [0, 0.05) is 43.2 Å². The Hall–Kier alpha value is -3.41. The predicted octanol–water partition coefficient (Wildman–Crippen LogP) is 6.89. The average molecular weight is 519 g/mol. The van der Waals surface area contributed by atoms with E-state index in [0.29, 0.717) is 53.9 Å². The van der Waals surface area contributed by atoms with Gasteiger partial charge < -0.3 is 18.9 Å². The third-order valence-electron chi connectivity index (χ3n) is 6.98. The molecular weight excluding hydrogens is 495 g/mol. The molecule has 3 aromatic carbocycles. The summed E-state index contributed by atoms with van der Waals surface area (Å²) >= 11 is 12.8. The van der Waals surface area contributed by atoms with Gasteiger partial charge in [-0.05, 0) is 48.0 Å². The number of carbonyl (C=O) groups excluding carboxylic acids is 1. The van der Waals surface area contributed by atoms with Crippen molar-refractivity contribution in [1.29, 1.82) is 0 Å². The molecule has 182 valence electrons. The van der Waals surface area contributed by atoms with Crippen LogP contribution in [-0.2, 0) is 12.2 Å². The van der Waals surface area contributed by atoms with Crippen molar-refractivity contribution < 1.29 is 14.3 Å². The van der Waals surface area contributed by atoms with Gasteiger partial charge in [-0.15, -0.1) is 0 Å². The Labute approximate surface area is 219 Å². The third kappa shape index (κ3) is 4.12. The number of amides is 1. The lowest BCUT2D eigenvalue weighted by atomic mass is 9.86. The Morgan fingerprint density at radius 3 is 2.53 bits per heavy atom. The minimum absolute atomic E-state index is 0.0842. The number of halogens is 2. The summed E-state index contributed by atoms with van der Waals surface area (Å²) < 4.78 is 14.6. The summed E-state index contributed by atoms with van der Waals surface area (Å²) in [5, 5.41) is 1.02. The van der Waals surface area contributed by atoms with Crippen LogP contribution >= 0.6 is 23.2 Å². The Morgan fingerprint density at radius 2 is 1.75 bits per heavy atom. The van der Waals surface area contributed by atoms with Crippen molar-refractivity contribution in [3.63, 3.8) is 0 Å². The summed E-state index contributed by atoms with van der Waals surface area (Å²) in [7, 11) is 0. The molecule has 7 heteroatoms. The topological polar surface area (TPSA) is 43.7 Å². The molecule has 0 unspecified atom stereocenters. The molecule has 1 saturated heterocycles. The zero-order valence-electron chi connectivity index (χ0n) is 19.5. The van der Waals surface area contributed by atoms with Crippen molar-refractivity contribution in [2.45, 2.75) is 25.0 Å². The van der Waals surface area contributed by atoms with Gasteiger partial charge in [0.1, 0.15) is 18.1 Å². The zero-order chi connectivity index (χ0) is 24.7. The molecule has 1 fully saturated rings. The minimum Gasteiger partial charge on any atom is -0.489 e. The molecular formula is C29H24Cl2N2O3. The number of piperidine rings is 1. The number of nitrogens with zero attached hydrogens (tertiary/aromatic N) is 2. The molecule has 0 radical (unpaired) electrons. The predicted molar refractivity (Wildman–Crippen MR) is 140 cm³/mol. The molecule has 1 amide bonds. The molecule has 0 aliphatic carbocycles. The summed E-state index contributed by atoms with van der Waals surface area (Å²) in [6.07, 6.45) is 3.39. The minimum atomic E-state index is -0.503. The van der Waals surface area contributed by atoms with Crippen LogP contribution in [0.2, 0.25) is 10.0 Å². The standard InChI is InChI=1S/C29H24Cl2N2O3/c30-21-8-11-25-26(17-21)36-29(27-7-4-14-33(25)27)12-15-32(16-13-29)28(34)23-10-9-22(18-24(23)31)35-19-20-5-2-1-3-6-20/h1-11,14,17-18H,12-13,15-16,19H2. The van der Waals surface area contributed by atoms with Gasteiger partial charge in [-0.25, -0.2) is 0 Å². The highest BCUT2D eigenvalue weighted by atomic mass is 35.5. The van der Waals surface area contributed by atoms with Crippen molar-refractivity contribution in [2.75, 3.05) is 13.1 Å². The van der Waals surface area contributed by atoms with Crippen LogP contribution in [-0.4, -0.2) is 28.5 Å². The molecule has 6 rings (SSSR count). The highest BCUT2D eigenvalue weighted by Gasteiger charge is 2.44. The fourth-order valence-corrected chi connectivity index (χ4v) is 5.51. The molecule has 0 saturated carbocycles. The van der Waals surface area contributed by atoms with Crippen LogP contribution in [0.25, 0.3) is 5.69 Å². The summed E-state index contributed by atoms with van der Waals surface area (Å²) in [4.78, 5) is 15.2. The lowest BCUT2D eigenvalue weighted by Gasteiger charge is -2.45. The van der Waals surface area contributed by atoms with E-state index >= 15 is 0 Å². The summed E-state index contributed by atoms with van der Waals surface area (Å²) in [5.41, 5.74) is 3.12. The second kappa shape index (κ2) is 9.23. The first kappa shape index (κ1) is 23.0. The molecule has 1 spiro atoms. The number of likely N-dealkylation sites (tertiary alicyclic amines) is 1. The van der Waals surface area contributed by atoms with Crippen molar-refractivity contribution in [1.82, 2.24) is 9.47 Å². The van der Waals surface area contributed by atoms with Gasteiger partial charge in [0.2, 0.25) is 0 Å². The van der Waals surface area contributed by atoms with E-state index in [0.717, 1.165) is 22.7 Å². The number of ether oxygens (including phenoxy) is 2. The molecule has 0 atom stereocenters. The molecule has 2 aliphatic heterocycles. The van der Waals surface area contributed by atoms with Gasteiger partial charge >= 0.3 is 0 Å². The number of fused-ring (bicyclic) bond motifs is 4. The molecule has 0 bridgehead atoms. The number of carbonyl (C=O) groups is 1. The highest BCUT2D eigenvalue weighted by molar-refractivity contribution is 6.34. The van der Waals surface area contributed by atoms with Gasteiger partial charge in [0.15, 0.2) is 5.60 Å². The first-order chi connectivity index (χ1) is 17.5. The van der Waals surface area contributed by atoms with Crippen LogP contribution in [0.4, 0.5) is 0 Å². The maximum atomic E-state index is 13.4. The van der Waals surface area contributed by atoms with Gasteiger partial charge in [0.25, 0.3) is 5.91 Å². The van der Waals surface area contributed by atoms with Crippen LogP contribution in [0.15, 0.2) is 85.1 Å². The van der Waals surface area contributed by atoms with Gasteiger partial charge in [-0.1, -0.05) is 53.5 Å². The molecule has 0 N–H and O–H groups in total. The Balaban J connectivity index is 1.16. The molecule has 3 heterocycles. The zero-order valence-corrected chi connectivity index (χ0v) is 21.0. The number of hydrogen-bond acceptors (Lipinski definition) is 3. The summed E-state index contributed by atoms with van der Waals surface area (Å²) in [6.45, 7) is 1.56. The Bertz CT molecular complexity index is 1430. The van der Waals surface area contributed by atoms with Gasteiger partial charge in [-0.3, -0.25) is 4.79 Å². The van der Waals surface area contributed by atoms with E-state index in [4.69, 9.17) is 32.7 Å². The maximum Gasteiger partial charge on any atom is 0.255 e. The number of hydrogen-bond donors (Lipinski definition) is 0. The normalized spacial score (nSPS) is 15.7. The van der Waals surface area contributed by atoms with Crippen LogP contribution in [0.5, 0.6) is 11.5 Å². The quantitative estimate of drug-likeness (QED) is 0.295. The largest absolute Gasteiger partial charge is 0.489 e. The van der Waals surface area contributed by atoms with Gasteiger partial charge in [-0.2, -0.15) is 0 Å². The van der Waals surface area contributed by atoms with E-state index in [1.807, 2.05) is 65.7 Å². The number of rotatable bonds is 4. The molecule has 36 heavy (non-hydrogen) atoms. The SMILES string of the molecule is O=C(c1ccc(OCc2ccccc2)cc1Cl)N1CCC2(CC1)Oc1cc(Cl)ccc1-n1cccc12. The van der Waals surface area contributed by atoms with Crippen LogP contribution in [0, 0.1) is 0 Å². The lowest BCUT2D eigenvalue weighted by Crippen LogP contribution is -2.50. The second-order valence-corrected chi connectivity index (χ2v) is 10.0. The van der Waals surface area contributed by atoms with E-state index < -0.39 is 5.60 Å². The number of benzene rings is 3. The van der Waals surface area contributed by atoms with E-state index in [9.17, 15) is 4.79 Å². The first-order valence-electron chi connectivity index (χ1n) is 11.9. The van der Waals surface area contributed by atoms with Crippen LogP contribution < -0.4 is 9.47 Å². The number of aromatic nitrogens is 1. The van der Waals surface area contributed by atoms with E-state index in [1.165, 1.54) is 0 Å². The van der Waals surface area contributed by atoms with Crippen LogP contribution in [0.3, 0.4) is 0 Å². The molecule has 4 aromatic rings. The molecule has 5 nitrogen and oxygen atoms in total. The Kier molecular flexibility index (Phi) is 5.90. The van der Waals surface area contributed by atoms with E-state index in [1.54, 1.807) is 18.2 Å². The smallest absolute Gasteiger partial charge is 0.255 e. The van der Waals surface area contributed by atoms with Gasteiger partial charge in [0.05, 0.1) is 22.0 Å². The average Bonchev–Trinajstić information content (AvgIpc) is 3.40. The lowest BCUT2D eigenvalue weighted by molar-refractivity contribution is -0.00929. The van der Waals surface area contributed by atoms with Crippen LogP contribution in [0.1, 0.15) is 34.5 Å². The second-order valence-electron chi connectivity index (χ2n) is 9.18. The van der Waals surface area contributed by atoms with E-state index in [2.05, 4.69) is 10.6 Å². The van der Waals surface area contributed by atoms with E-state index in [-0.39, 0.29) is 5.91 Å². The monoisotopic (exact) mass is 518 g/mol. The Morgan fingerprint density at radius 1 is 0.944 bits per heavy atom. The van der Waals surface area contributed by atoms with Crippen molar-refractivity contribution in [3.8, 4) is 17.2 Å². The molecule has 2 aliphatic rings. The van der Waals surface area contributed by atoms with Crippen molar-refractivity contribution in [2.24, 2.45) is 0 Å². The highest BCUT2D eigenvalue weighted by Crippen LogP contribution is 2.46. The first-order valence-corrected chi connectivity index (χ1v) is 12.7. The fourth-order valence-electron chi connectivity index (χ4n) is 5.09. The van der Waals surface area contributed by atoms with Crippen molar-refractivity contribution in [3.05, 3.63) is 112 Å². The fraction of sp³-hybridized carbons (Fsp3) is 0.207. The molecule has 1 aromatic heterocycles. The summed E-state index contributed by atoms with van der Waals surface area (Å²) in [5.74, 6) is 1.31. The van der Waals surface area contributed by atoms with Crippen molar-refractivity contribution >= 4 is 29.1 Å². The summed E-state index contributed by atoms with van der Waals surface area (Å²) in [6, 6.07) is 25.0. The maximum absolute atomic E-state index is 13.4.